The summed E-state index contributed by atoms with van der Waals surface area (Å²) in [5, 5.41) is 1.53. The van der Waals surface area contributed by atoms with E-state index in [1.54, 1.807) is 0 Å². The monoisotopic (exact) mass is 571 g/mol. The molecule has 3 nitrogen and oxygen atoms in total. The van der Waals surface area contributed by atoms with Crippen LogP contribution in [0.1, 0.15) is 16.7 Å². The van der Waals surface area contributed by atoms with E-state index in [0.29, 0.717) is 12.1 Å². The van der Waals surface area contributed by atoms with E-state index in [0.717, 1.165) is 24.3 Å². The minimum absolute atomic E-state index is 0.141. The summed E-state index contributed by atoms with van der Waals surface area (Å²) >= 11 is 0. The molecule has 3 rings (SSSR count). The van der Waals surface area contributed by atoms with E-state index in [-0.39, 0.29) is 11.6 Å². The predicted molar refractivity (Wildman–Crippen MR) is 114 cm³/mol. The maximum absolute atomic E-state index is 14.6. The van der Waals surface area contributed by atoms with E-state index in [4.69, 9.17) is 0 Å². The van der Waals surface area contributed by atoms with Crippen molar-refractivity contribution in [1.82, 2.24) is 5.32 Å². The first-order valence-electron chi connectivity index (χ1n) is 10.7. The normalized spacial score (nSPS) is 14.2. The molecule has 1 atom stereocenters. The highest BCUT2D eigenvalue weighted by molar-refractivity contribution is 5.86. The molecule has 0 spiro atoms. The van der Waals surface area contributed by atoms with Gasteiger partial charge in [0.05, 0.1) is 5.54 Å². The SMILES string of the molecule is O=C(N[C@](Cc1ccccc1)(c1ccc(F)cc1)c1cc(F)cc(OC(F)(F)C(F)F)c1)C(F)(F)C(F)(F)F. The quantitative estimate of drug-likeness (QED) is 0.281. The number of ether oxygens (including phenoxy) is 1. The van der Waals surface area contributed by atoms with Gasteiger partial charge in [0.15, 0.2) is 0 Å². The first kappa shape index (κ1) is 29.7. The van der Waals surface area contributed by atoms with Crippen molar-refractivity contribution in [2.75, 3.05) is 0 Å². The van der Waals surface area contributed by atoms with Gasteiger partial charge in [0, 0.05) is 12.5 Å². The van der Waals surface area contributed by atoms with Crippen LogP contribution in [-0.2, 0) is 16.8 Å². The van der Waals surface area contributed by atoms with Gasteiger partial charge < -0.3 is 10.1 Å². The number of hydrogen-bond acceptors (Lipinski definition) is 2. The highest BCUT2D eigenvalue weighted by Crippen LogP contribution is 2.41. The van der Waals surface area contributed by atoms with Gasteiger partial charge in [0.1, 0.15) is 17.4 Å². The number of amides is 1. The first-order valence-corrected chi connectivity index (χ1v) is 10.7. The minimum Gasteiger partial charge on any atom is -0.428 e. The Hall–Kier alpha value is -3.84. The van der Waals surface area contributed by atoms with Gasteiger partial charge in [-0.3, -0.25) is 4.79 Å². The van der Waals surface area contributed by atoms with Crippen LogP contribution in [0.3, 0.4) is 0 Å². The number of rotatable bonds is 9. The van der Waals surface area contributed by atoms with Crippen molar-refractivity contribution in [3.8, 4) is 5.75 Å². The molecule has 0 radical (unpaired) electrons. The van der Waals surface area contributed by atoms with Crippen molar-refractivity contribution in [2.45, 2.75) is 36.6 Å². The third-order valence-electron chi connectivity index (χ3n) is 5.49. The Bertz CT molecular complexity index is 1300. The molecule has 3 aromatic carbocycles. The molecule has 0 saturated carbocycles. The zero-order valence-corrected chi connectivity index (χ0v) is 19.2. The van der Waals surface area contributed by atoms with Gasteiger partial charge >= 0.3 is 30.5 Å². The van der Waals surface area contributed by atoms with Crippen LogP contribution in [0.25, 0.3) is 0 Å². The Labute approximate surface area is 213 Å². The van der Waals surface area contributed by atoms with E-state index in [9.17, 15) is 53.1 Å². The smallest absolute Gasteiger partial charge is 0.428 e. The third kappa shape index (κ3) is 6.42. The number of benzene rings is 3. The number of carbonyl (C=O) groups excluding carboxylic acids is 1. The zero-order valence-electron chi connectivity index (χ0n) is 19.2. The lowest BCUT2D eigenvalue weighted by Crippen LogP contribution is -2.58. The third-order valence-corrected chi connectivity index (χ3v) is 5.49. The number of halogens is 11. The van der Waals surface area contributed by atoms with Crippen LogP contribution in [0.5, 0.6) is 5.75 Å². The maximum Gasteiger partial charge on any atom is 0.463 e. The Kier molecular flexibility index (Phi) is 8.18. The topological polar surface area (TPSA) is 38.3 Å². The van der Waals surface area contributed by atoms with E-state index in [1.165, 1.54) is 35.6 Å². The number of carbonyl (C=O) groups is 1. The molecule has 1 amide bonds. The Balaban J connectivity index is 2.32. The summed E-state index contributed by atoms with van der Waals surface area (Å²) in [7, 11) is 0. The summed E-state index contributed by atoms with van der Waals surface area (Å²) in [6, 6.07) is 11.4. The van der Waals surface area contributed by atoms with Gasteiger partial charge in [-0.2, -0.15) is 39.5 Å². The number of alkyl halides is 9. The van der Waals surface area contributed by atoms with E-state index >= 15 is 0 Å². The van der Waals surface area contributed by atoms with Crippen molar-refractivity contribution in [2.24, 2.45) is 0 Å². The second-order valence-corrected chi connectivity index (χ2v) is 8.24. The fourth-order valence-corrected chi connectivity index (χ4v) is 3.67. The van der Waals surface area contributed by atoms with Crippen molar-refractivity contribution < 1.29 is 57.8 Å². The zero-order chi connectivity index (χ0) is 29.2. The summed E-state index contributed by atoms with van der Waals surface area (Å²) in [5.41, 5.74) is -3.64. The first-order chi connectivity index (χ1) is 18.0. The van der Waals surface area contributed by atoms with E-state index in [2.05, 4.69) is 4.74 Å². The predicted octanol–water partition coefficient (Wildman–Crippen LogP) is 7.00. The molecule has 210 valence electrons. The van der Waals surface area contributed by atoms with Gasteiger partial charge in [0.2, 0.25) is 0 Å². The van der Waals surface area contributed by atoms with Crippen LogP contribution < -0.4 is 10.1 Å². The fourth-order valence-electron chi connectivity index (χ4n) is 3.67. The Morgan fingerprint density at radius 3 is 1.90 bits per heavy atom. The molecular formula is C25H16F11NO2. The Morgan fingerprint density at radius 2 is 1.36 bits per heavy atom. The number of hydrogen-bond donors (Lipinski definition) is 1. The van der Waals surface area contributed by atoms with Crippen molar-refractivity contribution >= 4 is 5.91 Å². The number of nitrogens with one attached hydrogen (secondary N) is 1. The molecule has 3 aromatic rings. The molecular weight excluding hydrogens is 555 g/mol. The van der Waals surface area contributed by atoms with Crippen LogP contribution in [-0.4, -0.2) is 30.5 Å². The molecule has 0 aliphatic heterocycles. The largest absolute Gasteiger partial charge is 0.463 e. The second-order valence-electron chi connectivity index (χ2n) is 8.24. The average Bonchev–Trinajstić information content (AvgIpc) is 2.83. The summed E-state index contributed by atoms with van der Waals surface area (Å²) < 4.78 is 152. The second kappa shape index (κ2) is 10.7. The summed E-state index contributed by atoms with van der Waals surface area (Å²) in [4.78, 5) is 12.4. The highest BCUT2D eigenvalue weighted by atomic mass is 19.4. The van der Waals surface area contributed by atoms with Gasteiger partial charge in [-0.25, -0.2) is 8.78 Å². The van der Waals surface area contributed by atoms with Crippen molar-refractivity contribution in [3.05, 3.63) is 101 Å². The molecule has 39 heavy (non-hydrogen) atoms. The minimum atomic E-state index is -6.38. The molecule has 1 N–H and O–H groups in total. The van der Waals surface area contributed by atoms with Gasteiger partial charge in [-0.05, 0) is 41.0 Å². The lowest BCUT2D eigenvalue weighted by atomic mass is 9.77. The lowest BCUT2D eigenvalue weighted by Gasteiger charge is -2.38. The highest BCUT2D eigenvalue weighted by Gasteiger charge is 2.64. The maximum atomic E-state index is 14.6. The lowest BCUT2D eigenvalue weighted by molar-refractivity contribution is -0.270. The van der Waals surface area contributed by atoms with Crippen LogP contribution in [0.4, 0.5) is 48.3 Å². The van der Waals surface area contributed by atoms with Crippen molar-refractivity contribution in [3.63, 3.8) is 0 Å². The van der Waals surface area contributed by atoms with Gasteiger partial charge in [0.25, 0.3) is 0 Å². The molecule has 0 aliphatic carbocycles. The van der Waals surface area contributed by atoms with Crippen molar-refractivity contribution in [1.29, 1.82) is 0 Å². The summed E-state index contributed by atoms with van der Waals surface area (Å²) in [6.45, 7) is 0. The van der Waals surface area contributed by atoms with Crippen LogP contribution in [0, 0.1) is 11.6 Å². The Morgan fingerprint density at radius 1 is 0.769 bits per heavy atom. The van der Waals surface area contributed by atoms with E-state index < -0.39 is 71.0 Å². The van der Waals surface area contributed by atoms with Gasteiger partial charge in [-0.1, -0.05) is 42.5 Å². The summed E-state index contributed by atoms with van der Waals surface area (Å²) in [5.74, 6) is -12.6. The van der Waals surface area contributed by atoms with Crippen LogP contribution in [0.2, 0.25) is 0 Å². The van der Waals surface area contributed by atoms with Crippen LogP contribution >= 0.6 is 0 Å². The molecule has 0 unspecified atom stereocenters. The molecule has 0 aliphatic rings. The van der Waals surface area contributed by atoms with Gasteiger partial charge in [-0.15, -0.1) is 0 Å². The molecule has 0 fully saturated rings. The van der Waals surface area contributed by atoms with E-state index in [1.807, 2.05) is 0 Å². The molecule has 0 bridgehead atoms. The molecule has 0 aromatic heterocycles. The average molecular weight is 571 g/mol. The molecule has 0 heterocycles. The molecule has 0 saturated heterocycles. The molecule has 14 heteroatoms. The van der Waals surface area contributed by atoms with Crippen LogP contribution in [0.15, 0.2) is 72.8 Å². The fraction of sp³-hybridized carbons (Fsp3) is 0.240. The summed E-state index contributed by atoms with van der Waals surface area (Å²) in [6.07, 6.45) is -16.6. The standard InChI is InChI=1S/C25H16F11NO2/c26-17-8-6-15(7-9-17)22(13-14-4-2-1-3-5-14,37-21(38)23(30,31)25(34,35)36)16-10-18(27)12-19(11-16)39-24(32,33)20(28)29/h1-12,20H,13H2,(H,37,38)/t22-/m1/s1.